The Kier molecular flexibility index (Phi) is 7.51. The highest BCUT2D eigenvalue weighted by Crippen LogP contribution is 2.33. The molecule has 7 nitrogen and oxygen atoms in total. The summed E-state index contributed by atoms with van der Waals surface area (Å²) < 4.78 is 7.85. The molecule has 3 aromatic rings. The number of para-hydroxylation sites is 1. The van der Waals surface area contributed by atoms with Gasteiger partial charge in [0.1, 0.15) is 6.29 Å². The van der Waals surface area contributed by atoms with Gasteiger partial charge >= 0.3 is 0 Å². The second kappa shape index (κ2) is 10.9. The van der Waals surface area contributed by atoms with Crippen molar-refractivity contribution < 1.29 is 14.3 Å². The topological polar surface area (TPSA) is 58.0 Å². The number of nitrogens with zero attached hydrogens (tertiary/aromatic N) is 4. The van der Waals surface area contributed by atoms with Crippen LogP contribution in [0.1, 0.15) is 22.4 Å². The minimum Gasteiger partial charge on any atom is -0.379 e. The maximum absolute atomic E-state index is 13.7. The number of carbonyl (C=O) groups is 2. The van der Waals surface area contributed by atoms with Crippen molar-refractivity contribution >= 4 is 23.1 Å². The summed E-state index contributed by atoms with van der Waals surface area (Å²) in [5.74, 6) is 0.0406. The molecule has 0 N–H and O–H groups in total. The lowest BCUT2D eigenvalue weighted by atomic mass is 9.96. The van der Waals surface area contributed by atoms with Gasteiger partial charge in [0.05, 0.1) is 25.8 Å². The number of likely N-dealkylation sites (N-methyl/N-ethyl adjacent to an activating group) is 1. The van der Waals surface area contributed by atoms with E-state index in [1.807, 2.05) is 7.05 Å². The van der Waals surface area contributed by atoms with Crippen LogP contribution in [0.4, 0.5) is 0 Å². The monoisotopic (exact) mass is 488 g/mol. The number of amides is 1. The fourth-order valence-electron chi connectivity index (χ4n) is 5.54. The van der Waals surface area contributed by atoms with Crippen molar-refractivity contribution in [3.8, 4) is 0 Å². The van der Waals surface area contributed by atoms with E-state index in [2.05, 4.69) is 69.8 Å². The number of benzene rings is 2. The molecule has 190 valence electrons. The van der Waals surface area contributed by atoms with Gasteiger partial charge in [0.15, 0.2) is 0 Å². The summed E-state index contributed by atoms with van der Waals surface area (Å²) in [5, 5.41) is 1.22. The van der Waals surface area contributed by atoms with Gasteiger partial charge in [-0.05, 0) is 37.6 Å². The van der Waals surface area contributed by atoms with E-state index in [-0.39, 0.29) is 18.5 Å². The minimum absolute atomic E-state index is 0.0406. The molecular formula is C29H36N4O3. The molecule has 1 fully saturated rings. The number of aryl methyl sites for hydroxylation is 1. The fourth-order valence-corrected chi connectivity index (χ4v) is 5.54. The molecule has 0 radical (unpaired) electrons. The van der Waals surface area contributed by atoms with Gasteiger partial charge in [0.25, 0.3) is 0 Å². The Hall–Kier alpha value is -3.00. The van der Waals surface area contributed by atoms with Gasteiger partial charge in [0.2, 0.25) is 5.91 Å². The van der Waals surface area contributed by atoms with Crippen LogP contribution in [0.3, 0.4) is 0 Å². The van der Waals surface area contributed by atoms with E-state index in [1.54, 1.807) is 4.90 Å². The lowest BCUT2D eigenvalue weighted by Crippen LogP contribution is -2.52. The van der Waals surface area contributed by atoms with Gasteiger partial charge in [-0.15, -0.1) is 0 Å². The molecule has 0 aliphatic carbocycles. The zero-order valence-electron chi connectivity index (χ0n) is 21.4. The summed E-state index contributed by atoms with van der Waals surface area (Å²) in [6.45, 7) is 8.26. The van der Waals surface area contributed by atoms with Crippen molar-refractivity contribution in [3.05, 3.63) is 70.9 Å². The first-order valence-electron chi connectivity index (χ1n) is 12.9. The largest absolute Gasteiger partial charge is 0.379 e. The SMILES string of the molecule is Cc1ccc(Cn2c3c(c4ccccc42)CC(C(=O)N(CC=O)CCN2CCOCC2)N(C)C3)cc1. The van der Waals surface area contributed by atoms with Gasteiger partial charge in [-0.3, -0.25) is 14.6 Å². The van der Waals surface area contributed by atoms with Gasteiger partial charge in [-0.25, -0.2) is 0 Å². The van der Waals surface area contributed by atoms with Crippen LogP contribution in [0.5, 0.6) is 0 Å². The molecule has 1 atom stereocenters. The lowest BCUT2D eigenvalue weighted by Gasteiger charge is -2.36. The van der Waals surface area contributed by atoms with E-state index in [0.717, 1.165) is 45.7 Å². The van der Waals surface area contributed by atoms with E-state index in [4.69, 9.17) is 4.74 Å². The summed E-state index contributed by atoms with van der Waals surface area (Å²) >= 11 is 0. The predicted octanol–water partition coefficient (Wildman–Crippen LogP) is 2.71. The van der Waals surface area contributed by atoms with Crippen LogP contribution in [0, 0.1) is 6.92 Å². The third-order valence-electron chi connectivity index (χ3n) is 7.67. The third-order valence-corrected chi connectivity index (χ3v) is 7.67. The number of hydrogen-bond acceptors (Lipinski definition) is 5. The number of hydrogen-bond donors (Lipinski definition) is 0. The summed E-state index contributed by atoms with van der Waals surface area (Å²) in [6.07, 6.45) is 1.50. The highest BCUT2D eigenvalue weighted by Gasteiger charge is 2.35. The lowest BCUT2D eigenvalue weighted by molar-refractivity contribution is -0.139. The number of ether oxygens (including phenoxy) is 1. The van der Waals surface area contributed by atoms with E-state index in [9.17, 15) is 9.59 Å². The van der Waals surface area contributed by atoms with Gasteiger partial charge in [-0.1, -0.05) is 48.0 Å². The number of rotatable bonds is 8. The zero-order chi connectivity index (χ0) is 25.1. The molecule has 2 aromatic carbocycles. The number of fused-ring (bicyclic) bond motifs is 3. The number of aromatic nitrogens is 1. The highest BCUT2D eigenvalue weighted by molar-refractivity contribution is 5.89. The first-order chi connectivity index (χ1) is 17.5. The Morgan fingerprint density at radius 3 is 2.61 bits per heavy atom. The van der Waals surface area contributed by atoms with Crippen LogP contribution in [-0.4, -0.2) is 90.5 Å². The van der Waals surface area contributed by atoms with Crippen molar-refractivity contribution in [2.45, 2.75) is 32.5 Å². The molecular weight excluding hydrogens is 452 g/mol. The molecule has 1 unspecified atom stereocenters. The number of aldehydes is 1. The first kappa shape index (κ1) is 24.7. The van der Waals surface area contributed by atoms with Crippen molar-refractivity contribution in [1.29, 1.82) is 0 Å². The van der Waals surface area contributed by atoms with E-state index < -0.39 is 0 Å². The maximum Gasteiger partial charge on any atom is 0.240 e. The average Bonchev–Trinajstić information content (AvgIpc) is 3.20. The normalized spacial score (nSPS) is 18.8. The molecule has 0 spiro atoms. The van der Waals surface area contributed by atoms with Gasteiger partial charge in [-0.2, -0.15) is 0 Å². The van der Waals surface area contributed by atoms with Crippen molar-refractivity contribution in [2.75, 3.05) is 53.0 Å². The Bertz CT molecular complexity index is 1210. The Labute approximate surface area is 213 Å². The van der Waals surface area contributed by atoms with Crippen LogP contribution in [0.15, 0.2) is 48.5 Å². The van der Waals surface area contributed by atoms with Crippen molar-refractivity contribution in [1.82, 2.24) is 19.3 Å². The van der Waals surface area contributed by atoms with Crippen LogP contribution in [0.2, 0.25) is 0 Å². The molecule has 7 heteroatoms. The third kappa shape index (κ3) is 5.09. The van der Waals surface area contributed by atoms with Crippen LogP contribution in [-0.2, 0) is 33.8 Å². The molecule has 5 rings (SSSR count). The summed E-state index contributed by atoms with van der Waals surface area (Å²) in [4.78, 5) is 31.4. The fraction of sp³-hybridized carbons (Fsp3) is 0.448. The van der Waals surface area contributed by atoms with Crippen LogP contribution in [0.25, 0.3) is 10.9 Å². The highest BCUT2D eigenvalue weighted by atomic mass is 16.5. The zero-order valence-corrected chi connectivity index (χ0v) is 21.4. The average molecular weight is 489 g/mol. The maximum atomic E-state index is 13.7. The predicted molar refractivity (Wildman–Crippen MR) is 141 cm³/mol. The second-order valence-electron chi connectivity index (χ2n) is 10.1. The molecule has 2 aliphatic heterocycles. The van der Waals surface area contributed by atoms with Gasteiger partial charge < -0.3 is 19.0 Å². The summed E-state index contributed by atoms with van der Waals surface area (Å²) in [7, 11) is 2.03. The second-order valence-corrected chi connectivity index (χ2v) is 10.1. The first-order valence-corrected chi connectivity index (χ1v) is 12.9. The minimum atomic E-state index is -0.277. The van der Waals surface area contributed by atoms with Crippen LogP contribution >= 0.6 is 0 Å². The Morgan fingerprint density at radius 1 is 1.11 bits per heavy atom. The molecule has 3 heterocycles. The Balaban J connectivity index is 1.39. The molecule has 1 aromatic heterocycles. The van der Waals surface area contributed by atoms with Gasteiger partial charge in [0, 0.05) is 55.9 Å². The summed E-state index contributed by atoms with van der Waals surface area (Å²) in [6, 6.07) is 17.0. The molecule has 1 saturated heterocycles. The summed E-state index contributed by atoms with van der Waals surface area (Å²) in [5.41, 5.74) is 6.27. The molecule has 2 aliphatic rings. The molecule has 0 bridgehead atoms. The van der Waals surface area contributed by atoms with E-state index in [0.29, 0.717) is 19.5 Å². The molecule has 0 saturated carbocycles. The molecule has 36 heavy (non-hydrogen) atoms. The smallest absolute Gasteiger partial charge is 0.240 e. The van der Waals surface area contributed by atoms with Crippen LogP contribution < -0.4 is 0 Å². The van der Waals surface area contributed by atoms with Crippen molar-refractivity contribution in [2.24, 2.45) is 0 Å². The quantitative estimate of drug-likeness (QED) is 0.457. The standard InChI is InChI=1S/C29H36N4O3/c1-22-7-9-23(10-8-22)20-33-26-6-4-3-5-24(26)25-19-27(30(2)21-28(25)33)29(35)32(13-16-34)12-11-31-14-17-36-18-15-31/h3-10,16,27H,11-15,17-21H2,1-2H3. The Morgan fingerprint density at radius 2 is 1.86 bits per heavy atom. The molecule has 1 amide bonds. The number of carbonyl (C=O) groups excluding carboxylic acids is 2. The van der Waals surface area contributed by atoms with Crippen molar-refractivity contribution in [3.63, 3.8) is 0 Å². The van der Waals surface area contributed by atoms with E-state index in [1.165, 1.54) is 33.3 Å². The van der Waals surface area contributed by atoms with E-state index >= 15 is 0 Å². The number of morpholine rings is 1.